The number of hydrogen-bond donors (Lipinski definition) is 2. The number of H-pyrrole nitrogens is 1. The lowest BCUT2D eigenvalue weighted by atomic mass is 10.3. The van der Waals surface area contributed by atoms with E-state index in [2.05, 4.69) is 20.1 Å². The molecule has 0 spiro atoms. The molecule has 1 aromatic rings. The first-order chi connectivity index (χ1) is 7.75. The Kier molecular flexibility index (Phi) is 8.47. The lowest BCUT2D eigenvalue weighted by Crippen LogP contribution is -2.37. The lowest BCUT2D eigenvalue weighted by Gasteiger charge is -2.25. The first kappa shape index (κ1) is 17.6. The monoisotopic (exact) mass is 297 g/mol. The maximum absolute atomic E-state index is 5.69. The van der Waals surface area contributed by atoms with E-state index >= 15 is 0 Å². The minimum Gasteiger partial charge on any atom is -0.379 e. The molecule has 8 heteroatoms. The quantitative estimate of drug-likeness (QED) is 0.848. The van der Waals surface area contributed by atoms with Crippen molar-refractivity contribution in [2.75, 3.05) is 32.8 Å². The number of morpholine rings is 1. The summed E-state index contributed by atoms with van der Waals surface area (Å²) in [4.78, 5) is 6.72. The highest BCUT2D eigenvalue weighted by atomic mass is 35.5. The van der Waals surface area contributed by atoms with E-state index in [-0.39, 0.29) is 30.9 Å². The Hall–Kier alpha value is -0.400. The standard InChI is InChI=1S/C10H19N5O.2ClH/c1-8(11)10-12-9(13-14-10)2-3-15-4-6-16-7-5-15;;/h8H,2-7,11H2,1H3,(H,12,13,14);2*1H. The molecule has 1 fully saturated rings. The second-order valence-electron chi connectivity index (χ2n) is 4.13. The minimum atomic E-state index is -0.103. The van der Waals surface area contributed by atoms with Gasteiger partial charge in [-0.15, -0.1) is 24.8 Å². The molecule has 1 unspecified atom stereocenters. The average molecular weight is 298 g/mol. The van der Waals surface area contributed by atoms with Gasteiger partial charge in [-0.25, -0.2) is 4.98 Å². The zero-order valence-corrected chi connectivity index (χ0v) is 12.1. The van der Waals surface area contributed by atoms with E-state index in [1.165, 1.54) is 0 Å². The Morgan fingerprint density at radius 1 is 1.39 bits per heavy atom. The fourth-order valence-electron chi connectivity index (χ4n) is 1.71. The summed E-state index contributed by atoms with van der Waals surface area (Å²) in [5.74, 6) is 1.61. The molecule has 0 aromatic carbocycles. The van der Waals surface area contributed by atoms with Crippen LogP contribution in [0.25, 0.3) is 0 Å². The van der Waals surface area contributed by atoms with Gasteiger partial charge in [0.05, 0.1) is 19.3 Å². The van der Waals surface area contributed by atoms with E-state index in [9.17, 15) is 0 Å². The summed E-state index contributed by atoms with van der Waals surface area (Å²) in [6.45, 7) is 6.57. The third kappa shape index (κ3) is 5.07. The van der Waals surface area contributed by atoms with Crippen LogP contribution < -0.4 is 5.73 Å². The number of rotatable bonds is 4. The third-order valence-corrected chi connectivity index (χ3v) is 2.72. The third-order valence-electron chi connectivity index (χ3n) is 2.72. The van der Waals surface area contributed by atoms with Gasteiger partial charge < -0.3 is 10.5 Å². The van der Waals surface area contributed by atoms with Crippen LogP contribution in [0.15, 0.2) is 0 Å². The Bertz CT molecular complexity index is 328. The van der Waals surface area contributed by atoms with Gasteiger partial charge in [-0.1, -0.05) is 0 Å². The van der Waals surface area contributed by atoms with E-state index in [0.29, 0.717) is 5.82 Å². The number of aromatic nitrogens is 3. The predicted octanol–water partition coefficient (Wildman–Crippen LogP) is 0.543. The number of nitrogens with two attached hydrogens (primary N) is 1. The van der Waals surface area contributed by atoms with Crippen LogP contribution in [0, 0.1) is 0 Å². The van der Waals surface area contributed by atoms with Gasteiger partial charge in [-0.05, 0) is 6.92 Å². The molecule has 1 aromatic heterocycles. The van der Waals surface area contributed by atoms with E-state index in [4.69, 9.17) is 10.5 Å². The number of hydrogen-bond acceptors (Lipinski definition) is 5. The molecule has 3 N–H and O–H groups in total. The number of nitrogens with zero attached hydrogens (tertiary/aromatic N) is 3. The number of halogens is 2. The van der Waals surface area contributed by atoms with Crippen molar-refractivity contribution in [1.29, 1.82) is 0 Å². The maximum Gasteiger partial charge on any atom is 0.167 e. The van der Waals surface area contributed by atoms with Crippen molar-refractivity contribution in [1.82, 2.24) is 20.1 Å². The van der Waals surface area contributed by atoms with Crippen LogP contribution in [0.5, 0.6) is 0 Å². The molecule has 0 bridgehead atoms. The number of nitrogens with one attached hydrogen (secondary N) is 1. The summed E-state index contributed by atoms with van der Waals surface area (Å²) in [5.41, 5.74) is 5.69. The van der Waals surface area contributed by atoms with Crippen LogP contribution in [0.1, 0.15) is 24.6 Å². The topological polar surface area (TPSA) is 80.1 Å². The molecule has 1 saturated heterocycles. The summed E-state index contributed by atoms with van der Waals surface area (Å²) < 4.78 is 5.29. The Morgan fingerprint density at radius 3 is 2.61 bits per heavy atom. The first-order valence-electron chi connectivity index (χ1n) is 5.72. The van der Waals surface area contributed by atoms with E-state index < -0.39 is 0 Å². The highest BCUT2D eigenvalue weighted by Crippen LogP contribution is 2.04. The fraction of sp³-hybridized carbons (Fsp3) is 0.800. The second-order valence-corrected chi connectivity index (χ2v) is 4.13. The van der Waals surface area contributed by atoms with Crippen LogP contribution in [-0.2, 0) is 11.2 Å². The average Bonchev–Trinajstić information content (AvgIpc) is 2.76. The van der Waals surface area contributed by atoms with E-state index in [1.807, 2.05) is 6.92 Å². The second kappa shape index (κ2) is 8.66. The predicted molar refractivity (Wildman–Crippen MR) is 74.4 cm³/mol. The van der Waals surface area contributed by atoms with Crippen LogP contribution in [0.4, 0.5) is 0 Å². The lowest BCUT2D eigenvalue weighted by molar-refractivity contribution is 0.0382. The zero-order valence-electron chi connectivity index (χ0n) is 10.5. The van der Waals surface area contributed by atoms with Crippen LogP contribution in [0.3, 0.4) is 0 Å². The molecule has 1 aliphatic heterocycles. The number of ether oxygens (including phenoxy) is 1. The van der Waals surface area contributed by atoms with Gasteiger partial charge in [0.15, 0.2) is 5.82 Å². The highest BCUT2D eigenvalue weighted by Gasteiger charge is 2.12. The van der Waals surface area contributed by atoms with Gasteiger partial charge in [-0.2, -0.15) is 5.10 Å². The summed E-state index contributed by atoms with van der Waals surface area (Å²) in [6.07, 6.45) is 0.889. The van der Waals surface area contributed by atoms with Gasteiger partial charge in [-0.3, -0.25) is 10.00 Å². The van der Waals surface area contributed by atoms with E-state index in [0.717, 1.165) is 45.1 Å². The van der Waals surface area contributed by atoms with Gasteiger partial charge in [0.1, 0.15) is 5.82 Å². The molecule has 106 valence electrons. The van der Waals surface area contributed by atoms with Crippen molar-refractivity contribution in [2.45, 2.75) is 19.4 Å². The molecule has 0 amide bonds. The summed E-state index contributed by atoms with van der Waals surface area (Å²) in [5, 5.41) is 7.00. The molecule has 2 rings (SSSR count). The van der Waals surface area contributed by atoms with Crippen molar-refractivity contribution in [3.8, 4) is 0 Å². The molecule has 0 aliphatic carbocycles. The summed E-state index contributed by atoms with van der Waals surface area (Å²) in [7, 11) is 0. The molecule has 0 radical (unpaired) electrons. The molecular weight excluding hydrogens is 277 g/mol. The molecule has 1 atom stereocenters. The minimum absolute atomic E-state index is 0. The van der Waals surface area contributed by atoms with Crippen LogP contribution in [0.2, 0.25) is 0 Å². The molecule has 1 aliphatic rings. The van der Waals surface area contributed by atoms with Crippen molar-refractivity contribution < 1.29 is 4.74 Å². The Morgan fingerprint density at radius 2 is 2.06 bits per heavy atom. The molecule has 0 saturated carbocycles. The van der Waals surface area contributed by atoms with Gasteiger partial charge in [0, 0.05) is 26.1 Å². The number of aromatic amines is 1. The van der Waals surface area contributed by atoms with Crippen LogP contribution in [-0.4, -0.2) is 52.9 Å². The molecule has 6 nitrogen and oxygen atoms in total. The normalized spacial score (nSPS) is 17.7. The molecule has 18 heavy (non-hydrogen) atoms. The first-order valence-corrected chi connectivity index (χ1v) is 5.72. The fourth-order valence-corrected chi connectivity index (χ4v) is 1.71. The largest absolute Gasteiger partial charge is 0.379 e. The summed E-state index contributed by atoms with van der Waals surface area (Å²) in [6, 6.07) is -0.103. The summed E-state index contributed by atoms with van der Waals surface area (Å²) >= 11 is 0. The molecular formula is C10H21Cl2N5O. The Labute approximate surface area is 119 Å². The maximum atomic E-state index is 5.69. The van der Waals surface area contributed by atoms with Gasteiger partial charge in [0.25, 0.3) is 0 Å². The zero-order chi connectivity index (χ0) is 11.4. The smallest absolute Gasteiger partial charge is 0.167 e. The van der Waals surface area contributed by atoms with Crippen LogP contribution >= 0.6 is 24.8 Å². The van der Waals surface area contributed by atoms with E-state index in [1.54, 1.807) is 0 Å². The van der Waals surface area contributed by atoms with Crippen molar-refractivity contribution in [3.05, 3.63) is 11.6 Å². The van der Waals surface area contributed by atoms with Crippen molar-refractivity contribution in [2.24, 2.45) is 5.73 Å². The SMILES string of the molecule is CC(N)c1n[nH]c(CCN2CCOCC2)n1.Cl.Cl. The van der Waals surface area contributed by atoms with Crippen molar-refractivity contribution >= 4 is 24.8 Å². The van der Waals surface area contributed by atoms with Crippen molar-refractivity contribution in [3.63, 3.8) is 0 Å². The van der Waals surface area contributed by atoms with Gasteiger partial charge >= 0.3 is 0 Å². The highest BCUT2D eigenvalue weighted by molar-refractivity contribution is 5.85. The Balaban J connectivity index is 0.00000144. The molecule has 2 heterocycles. The van der Waals surface area contributed by atoms with Gasteiger partial charge in [0.2, 0.25) is 0 Å².